The molecule has 6 aromatic rings. The molecular formula is C38H40N10O8S. The Hall–Kier alpha value is -5.96. The van der Waals surface area contributed by atoms with E-state index in [1.54, 1.807) is 0 Å². The molecule has 0 bridgehead atoms. The van der Waals surface area contributed by atoms with Gasteiger partial charge in [0.25, 0.3) is 0 Å². The average Bonchev–Trinajstić information content (AvgIpc) is 4.03. The SMILES string of the molecule is NS(=O)(=O)c1ccc(NC(=O)N[C@@H]2CCN(c3nc(NCC(c4ccccc4)c4ccccc4)c4ncn([C@@H]5O[C@H](c6cc(CO)no6)[C@@H](O)[C@@H]5O)c4n3)C2)cc1. The molecule has 2 fully saturated rings. The summed E-state index contributed by atoms with van der Waals surface area (Å²) in [6.45, 7) is 0.919. The van der Waals surface area contributed by atoms with E-state index in [1.165, 1.54) is 41.2 Å². The smallest absolute Gasteiger partial charge is 0.319 e. The molecule has 2 aliphatic rings. The van der Waals surface area contributed by atoms with E-state index in [1.807, 2.05) is 41.3 Å². The van der Waals surface area contributed by atoms with Gasteiger partial charge in [0, 0.05) is 43.3 Å². The lowest BCUT2D eigenvalue weighted by molar-refractivity contribution is -0.0434. The highest BCUT2D eigenvalue weighted by molar-refractivity contribution is 7.89. The molecule has 0 aliphatic carbocycles. The van der Waals surface area contributed by atoms with Gasteiger partial charge in [0.1, 0.15) is 24.0 Å². The number of nitrogens with one attached hydrogen (secondary N) is 3. The maximum Gasteiger partial charge on any atom is 0.319 e. The lowest BCUT2D eigenvalue weighted by atomic mass is 9.91. The Balaban J connectivity index is 1.07. The van der Waals surface area contributed by atoms with E-state index in [-0.39, 0.29) is 34.9 Å². The zero-order chi connectivity index (χ0) is 39.7. The largest absolute Gasteiger partial charge is 0.390 e. The Morgan fingerprint density at radius 3 is 2.32 bits per heavy atom. The van der Waals surface area contributed by atoms with Crippen molar-refractivity contribution in [2.45, 2.75) is 54.4 Å². The first-order valence-electron chi connectivity index (χ1n) is 18.2. The number of amides is 2. The van der Waals surface area contributed by atoms with Gasteiger partial charge >= 0.3 is 6.03 Å². The number of rotatable bonds is 12. The number of nitrogens with two attached hydrogens (primary N) is 1. The molecule has 8 N–H and O–H groups in total. The monoisotopic (exact) mass is 796 g/mol. The molecular weight excluding hydrogens is 757 g/mol. The first-order valence-corrected chi connectivity index (χ1v) is 19.7. The number of fused-ring (bicyclic) bond motifs is 1. The van der Waals surface area contributed by atoms with Crippen molar-refractivity contribution < 1.29 is 37.8 Å². The van der Waals surface area contributed by atoms with Crippen molar-refractivity contribution in [3.63, 3.8) is 0 Å². The molecule has 18 nitrogen and oxygen atoms in total. The number of hydrogen-bond donors (Lipinski definition) is 7. The minimum atomic E-state index is -3.87. The molecule has 3 aromatic carbocycles. The highest BCUT2D eigenvalue weighted by atomic mass is 32.2. The molecule has 0 radical (unpaired) electrons. The van der Waals surface area contributed by atoms with E-state index in [9.17, 15) is 28.5 Å². The highest BCUT2D eigenvalue weighted by Gasteiger charge is 2.47. The minimum absolute atomic E-state index is 0.0562. The summed E-state index contributed by atoms with van der Waals surface area (Å²) in [5.41, 5.74) is 3.55. The van der Waals surface area contributed by atoms with Gasteiger partial charge in [0.05, 0.1) is 17.8 Å². The number of sulfonamides is 1. The summed E-state index contributed by atoms with van der Waals surface area (Å²) in [6, 6.07) is 26.4. The molecule has 2 amide bonds. The van der Waals surface area contributed by atoms with Crippen LogP contribution in [0.2, 0.25) is 0 Å². The Labute approximate surface area is 326 Å². The van der Waals surface area contributed by atoms with E-state index in [0.29, 0.717) is 54.7 Å². The average molecular weight is 797 g/mol. The van der Waals surface area contributed by atoms with Crippen molar-refractivity contribution in [3.8, 4) is 0 Å². The Morgan fingerprint density at radius 1 is 0.965 bits per heavy atom. The van der Waals surface area contributed by atoms with Crippen LogP contribution in [0.25, 0.3) is 11.2 Å². The van der Waals surface area contributed by atoms with Crippen LogP contribution in [0, 0.1) is 0 Å². The maximum atomic E-state index is 12.9. The number of imidazole rings is 1. The predicted molar refractivity (Wildman–Crippen MR) is 206 cm³/mol. The molecule has 2 aliphatic heterocycles. The van der Waals surface area contributed by atoms with E-state index < -0.39 is 40.6 Å². The number of carbonyl (C=O) groups excluding carboxylic acids is 1. The third-order valence-electron chi connectivity index (χ3n) is 10.1. The normalized spacial score (nSPS) is 21.0. The summed E-state index contributed by atoms with van der Waals surface area (Å²) in [7, 11) is -3.87. The third kappa shape index (κ3) is 8.01. The van der Waals surface area contributed by atoms with Gasteiger partial charge in [0.2, 0.25) is 16.0 Å². The first-order chi connectivity index (χ1) is 27.6. The fraction of sp³-hybridized carbons (Fsp3) is 0.289. The number of aromatic nitrogens is 5. The number of nitrogens with zero attached hydrogens (tertiary/aromatic N) is 6. The van der Waals surface area contributed by atoms with Crippen molar-refractivity contribution in [1.82, 2.24) is 30.0 Å². The van der Waals surface area contributed by atoms with Gasteiger partial charge in [-0.3, -0.25) is 4.57 Å². The van der Waals surface area contributed by atoms with Crippen LogP contribution in [0.5, 0.6) is 0 Å². The summed E-state index contributed by atoms with van der Waals surface area (Å²) in [5, 5.41) is 49.9. The predicted octanol–water partition coefficient (Wildman–Crippen LogP) is 2.59. The van der Waals surface area contributed by atoms with E-state index in [2.05, 4.69) is 50.4 Å². The first kappa shape index (κ1) is 37.9. The number of carbonyl (C=O) groups is 1. The number of primary sulfonamides is 1. The minimum Gasteiger partial charge on any atom is -0.390 e. The van der Waals surface area contributed by atoms with E-state index in [0.717, 1.165) is 11.1 Å². The van der Waals surface area contributed by atoms with Crippen LogP contribution in [0.1, 0.15) is 47.3 Å². The summed E-state index contributed by atoms with van der Waals surface area (Å²) < 4.78 is 36.2. The zero-order valence-electron chi connectivity index (χ0n) is 30.3. The van der Waals surface area contributed by atoms with Crippen molar-refractivity contribution in [1.29, 1.82) is 0 Å². The van der Waals surface area contributed by atoms with Crippen molar-refractivity contribution in [2.24, 2.45) is 5.14 Å². The topological polar surface area (TPSA) is 256 Å². The van der Waals surface area contributed by atoms with Crippen LogP contribution < -0.4 is 26.0 Å². The van der Waals surface area contributed by atoms with Crippen molar-refractivity contribution in [2.75, 3.05) is 35.2 Å². The maximum absolute atomic E-state index is 12.9. The molecule has 2 saturated heterocycles. The quantitative estimate of drug-likeness (QED) is 0.0940. The van der Waals surface area contributed by atoms with Crippen molar-refractivity contribution in [3.05, 3.63) is 120 Å². The second kappa shape index (κ2) is 15.9. The second-order valence-corrected chi connectivity index (χ2v) is 15.4. The molecule has 8 rings (SSSR count). The van der Waals surface area contributed by atoms with Gasteiger partial charge in [-0.1, -0.05) is 65.8 Å². The highest BCUT2D eigenvalue weighted by Crippen LogP contribution is 2.41. The van der Waals surface area contributed by atoms with Crippen LogP contribution in [-0.2, 0) is 21.4 Å². The number of anilines is 3. The molecule has 5 atom stereocenters. The van der Waals surface area contributed by atoms with Gasteiger partial charge in [-0.2, -0.15) is 9.97 Å². The van der Waals surface area contributed by atoms with Crippen molar-refractivity contribution >= 4 is 44.7 Å². The molecule has 0 spiro atoms. The number of hydrogen-bond acceptors (Lipinski definition) is 14. The lowest BCUT2D eigenvalue weighted by Gasteiger charge is -2.22. The second-order valence-electron chi connectivity index (χ2n) is 13.9. The van der Waals surface area contributed by atoms with Gasteiger partial charge in [0.15, 0.2) is 29.0 Å². The number of urea groups is 1. The van der Waals surface area contributed by atoms with E-state index >= 15 is 0 Å². The van der Waals surface area contributed by atoms with Crippen LogP contribution in [-0.4, -0.2) is 92.3 Å². The van der Waals surface area contributed by atoms with Gasteiger partial charge < -0.3 is 45.4 Å². The number of ether oxygens (including phenoxy) is 1. The zero-order valence-corrected chi connectivity index (χ0v) is 31.1. The molecule has 3 aromatic heterocycles. The number of aliphatic hydroxyl groups excluding tert-OH is 3. The van der Waals surface area contributed by atoms with Crippen LogP contribution in [0.4, 0.5) is 22.2 Å². The summed E-state index contributed by atoms with van der Waals surface area (Å²) in [4.78, 5) is 29.3. The fourth-order valence-electron chi connectivity index (χ4n) is 7.16. The standard InChI is InChI=1S/C38H40N10O8S/c39-57(53,54)27-13-11-24(12-14-27)42-38(52)43-25-15-16-47(19-25)37-44-34(40-18-28(22-7-3-1-4-8-22)23-9-5-2-6-10-23)30-35(45-37)48(21-41-30)36-32(51)31(50)33(55-36)29-17-26(20-49)46-56-29/h1-14,17,21,25,28,31-33,36,49-51H,15-16,18-20H2,(H2,39,53,54)(H,40,44,45)(H2,42,43,52)/t25-,31+,32+,33-,36-/m1/s1. The van der Waals surface area contributed by atoms with Gasteiger partial charge in [-0.25, -0.2) is 23.3 Å². The number of benzene rings is 3. The van der Waals surface area contributed by atoms with Gasteiger partial charge in [-0.05, 0) is 41.8 Å². The van der Waals surface area contributed by atoms with Gasteiger partial charge in [-0.15, -0.1) is 0 Å². The third-order valence-corrected chi connectivity index (χ3v) is 11.0. The summed E-state index contributed by atoms with van der Waals surface area (Å²) in [5.74, 6) is 0.844. The Kier molecular flexibility index (Phi) is 10.6. The molecule has 0 unspecified atom stereocenters. The molecule has 5 heterocycles. The number of aliphatic hydroxyl groups is 3. The molecule has 19 heteroatoms. The van der Waals surface area contributed by atoms with Crippen LogP contribution >= 0.6 is 0 Å². The summed E-state index contributed by atoms with van der Waals surface area (Å²) in [6.07, 6.45) is -3.00. The Morgan fingerprint density at radius 2 is 1.67 bits per heavy atom. The Bertz CT molecular complexity index is 2410. The van der Waals surface area contributed by atoms with Crippen LogP contribution in [0.3, 0.4) is 0 Å². The molecule has 0 saturated carbocycles. The molecule has 296 valence electrons. The molecule has 57 heavy (non-hydrogen) atoms. The lowest BCUT2D eigenvalue weighted by Crippen LogP contribution is -2.40. The van der Waals surface area contributed by atoms with E-state index in [4.69, 9.17) is 24.4 Å². The summed E-state index contributed by atoms with van der Waals surface area (Å²) >= 11 is 0. The van der Waals surface area contributed by atoms with Crippen LogP contribution in [0.15, 0.2) is 107 Å². The fourth-order valence-corrected chi connectivity index (χ4v) is 7.67.